The summed E-state index contributed by atoms with van der Waals surface area (Å²) in [5.74, 6) is 0. The fourth-order valence-electron chi connectivity index (χ4n) is 2.09. The van der Waals surface area contributed by atoms with E-state index in [9.17, 15) is 4.79 Å². The summed E-state index contributed by atoms with van der Waals surface area (Å²) in [5.41, 5.74) is 12.7. The molecule has 0 saturated carbocycles. The van der Waals surface area contributed by atoms with Crippen molar-refractivity contribution in [2.75, 3.05) is 6.54 Å². The zero-order chi connectivity index (χ0) is 14.9. The van der Waals surface area contributed by atoms with Gasteiger partial charge in [0.05, 0.1) is 5.52 Å². The van der Waals surface area contributed by atoms with Gasteiger partial charge in [0.1, 0.15) is 5.60 Å². The third-order valence-corrected chi connectivity index (χ3v) is 2.99. The molecule has 0 bridgehead atoms. The average molecular weight is 275 g/mol. The van der Waals surface area contributed by atoms with E-state index in [0.717, 1.165) is 16.5 Å². The van der Waals surface area contributed by atoms with Gasteiger partial charge >= 0.3 is 6.09 Å². The third-order valence-electron chi connectivity index (χ3n) is 2.99. The van der Waals surface area contributed by atoms with Gasteiger partial charge in [-0.15, -0.1) is 0 Å². The number of nitrogens with zero attached hydrogens (tertiary/aromatic N) is 1. The number of para-hydroxylation sites is 1. The standard InChI is InChI=1S/C15H21N3O2/c1-15(2,3)20-14(19)18-9-11(12(17)8-16)10-6-4-5-7-13(10)18/h4-7,9,12H,8,16-17H2,1-3H3. The van der Waals surface area contributed by atoms with Gasteiger partial charge in [-0.05, 0) is 32.4 Å². The van der Waals surface area contributed by atoms with E-state index in [1.165, 1.54) is 4.57 Å². The monoisotopic (exact) mass is 275 g/mol. The lowest BCUT2D eigenvalue weighted by Crippen LogP contribution is -2.27. The lowest BCUT2D eigenvalue weighted by Gasteiger charge is -2.19. The SMILES string of the molecule is CC(C)(C)OC(=O)n1cc(C(N)CN)c2ccccc21. The van der Waals surface area contributed by atoms with E-state index in [-0.39, 0.29) is 6.04 Å². The summed E-state index contributed by atoms with van der Waals surface area (Å²) in [6.07, 6.45) is 1.31. The van der Waals surface area contributed by atoms with Crippen molar-refractivity contribution in [1.82, 2.24) is 4.57 Å². The maximum Gasteiger partial charge on any atom is 0.419 e. The number of carbonyl (C=O) groups excluding carboxylic acids is 1. The Hall–Kier alpha value is -1.85. The van der Waals surface area contributed by atoms with Crippen LogP contribution in [0.4, 0.5) is 4.79 Å². The van der Waals surface area contributed by atoms with Crippen LogP contribution in [0.15, 0.2) is 30.5 Å². The van der Waals surface area contributed by atoms with E-state index >= 15 is 0 Å². The van der Waals surface area contributed by atoms with Crippen LogP contribution in [0.3, 0.4) is 0 Å². The Morgan fingerprint density at radius 2 is 2.00 bits per heavy atom. The van der Waals surface area contributed by atoms with E-state index in [1.54, 1.807) is 6.20 Å². The summed E-state index contributed by atoms with van der Waals surface area (Å²) in [6, 6.07) is 7.28. The smallest absolute Gasteiger partial charge is 0.419 e. The molecule has 0 fully saturated rings. The van der Waals surface area contributed by atoms with Crippen molar-refractivity contribution in [2.24, 2.45) is 11.5 Å². The maximum absolute atomic E-state index is 12.3. The first-order valence-electron chi connectivity index (χ1n) is 6.62. The van der Waals surface area contributed by atoms with Crippen LogP contribution in [0.25, 0.3) is 10.9 Å². The van der Waals surface area contributed by atoms with Crippen LogP contribution < -0.4 is 11.5 Å². The molecule has 20 heavy (non-hydrogen) atoms. The molecule has 0 saturated heterocycles. The minimum Gasteiger partial charge on any atom is -0.443 e. The Bertz CT molecular complexity index is 626. The number of ether oxygens (including phenoxy) is 1. The molecule has 5 nitrogen and oxygen atoms in total. The molecule has 1 unspecified atom stereocenters. The minimum atomic E-state index is -0.543. The molecule has 0 aliphatic heterocycles. The van der Waals surface area contributed by atoms with Crippen LogP contribution in [0.5, 0.6) is 0 Å². The Morgan fingerprint density at radius 3 is 2.60 bits per heavy atom. The highest BCUT2D eigenvalue weighted by molar-refractivity contribution is 5.92. The van der Waals surface area contributed by atoms with E-state index in [0.29, 0.717) is 6.54 Å². The molecular weight excluding hydrogens is 254 g/mol. The molecule has 0 radical (unpaired) electrons. The first-order chi connectivity index (χ1) is 9.33. The van der Waals surface area contributed by atoms with Crippen molar-refractivity contribution in [3.63, 3.8) is 0 Å². The number of hydrogen-bond donors (Lipinski definition) is 2. The predicted molar refractivity (Wildman–Crippen MR) is 79.6 cm³/mol. The molecule has 2 aromatic rings. The van der Waals surface area contributed by atoms with Gasteiger partial charge in [-0.1, -0.05) is 18.2 Å². The van der Waals surface area contributed by atoms with Gasteiger partial charge in [-0.3, -0.25) is 4.57 Å². The van der Waals surface area contributed by atoms with Crippen LogP contribution in [-0.4, -0.2) is 22.8 Å². The molecule has 0 amide bonds. The van der Waals surface area contributed by atoms with Crippen molar-refractivity contribution in [2.45, 2.75) is 32.4 Å². The molecule has 4 N–H and O–H groups in total. The molecule has 1 atom stereocenters. The quantitative estimate of drug-likeness (QED) is 0.881. The Labute approximate surface area is 118 Å². The van der Waals surface area contributed by atoms with Crippen molar-refractivity contribution >= 4 is 17.0 Å². The van der Waals surface area contributed by atoms with Gasteiger partial charge in [0.15, 0.2) is 0 Å². The van der Waals surface area contributed by atoms with Gasteiger partial charge in [0.25, 0.3) is 0 Å². The van der Waals surface area contributed by atoms with E-state index in [1.807, 2.05) is 45.0 Å². The second kappa shape index (κ2) is 5.26. The molecule has 0 aliphatic rings. The van der Waals surface area contributed by atoms with Crippen molar-refractivity contribution in [1.29, 1.82) is 0 Å². The largest absolute Gasteiger partial charge is 0.443 e. The molecular formula is C15H21N3O2. The molecule has 0 aliphatic carbocycles. The van der Waals surface area contributed by atoms with Gasteiger partial charge in [-0.2, -0.15) is 0 Å². The van der Waals surface area contributed by atoms with Crippen LogP contribution in [0, 0.1) is 0 Å². The second-order valence-corrected chi connectivity index (χ2v) is 5.79. The first-order valence-corrected chi connectivity index (χ1v) is 6.62. The molecule has 1 aromatic heterocycles. The summed E-state index contributed by atoms with van der Waals surface area (Å²) in [5, 5.41) is 0.927. The Balaban J connectivity index is 2.51. The molecule has 2 rings (SSSR count). The summed E-state index contributed by atoms with van der Waals surface area (Å²) in [7, 11) is 0. The van der Waals surface area contributed by atoms with Crippen molar-refractivity contribution < 1.29 is 9.53 Å². The lowest BCUT2D eigenvalue weighted by molar-refractivity contribution is 0.0544. The molecule has 1 heterocycles. The number of hydrogen-bond acceptors (Lipinski definition) is 4. The third kappa shape index (κ3) is 2.84. The number of benzene rings is 1. The minimum absolute atomic E-state index is 0.302. The van der Waals surface area contributed by atoms with E-state index in [4.69, 9.17) is 16.2 Å². The van der Waals surface area contributed by atoms with Crippen LogP contribution in [0.2, 0.25) is 0 Å². The van der Waals surface area contributed by atoms with Gasteiger partial charge in [0.2, 0.25) is 0 Å². The zero-order valence-electron chi connectivity index (χ0n) is 12.1. The van der Waals surface area contributed by atoms with E-state index in [2.05, 4.69) is 0 Å². The fraction of sp³-hybridized carbons (Fsp3) is 0.400. The highest BCUT2D eigenvalue weighted by atomic mass is 16.6. The first kappa shape index (κ1) is 14.6. The van der Waals surface area contributed by atoms with Crippen LogP contribution in [-0.2, 0) is 4.74 Å². The molecule has 1 aromatic carbocycles. The number of rotatable bonds is 2. The molecule has 5 heteroatoms. The summed E-state index contributed by atoms with van der Waals surface area (Å²) >= 11 is 0. The molecule has 0 spiro atoms. The van der Waals surface area contributed by atoms with Crippen LogP contribution >= 0.6 is 0 Å². The Kier molecular flexibility index (Phi) is 3.83. The van der Waals surface area contributed by atoms with E-state index < -0.39 is 11.7 Å². The fourth-order valence-corrected chi connectivity index (χ4v) is 2.09. The average Bonchev–Trinajstić information content (AvgIpc) is 2.75. The lowest BCUT2D eigenvalue weighted by atomic mass is 10.1. The number of aromatic nitrogens is 1. The van der Waals surface area contributed by atoms with Crippen molar-refractivity contribution in [3.8, 4) is 0 Å². The summed E-state index contributed by atoms with van der Waals surface area (Å²) in [6.45, 7) is 5.83. The zero-order valence-corrected chi connectivity index (χ0v) is 12.1. The summed E-state index contributed by atoms with van der Waals surface area (Å²) < 4.78 is 6.90. The number of nitrogens with two attached hydrogens (primary N) is 2. The Morgan fingerprint density at radius 1 is 1.35 bits per heavy atom. The second-order valence-electron chi connectivity index (χ2n) is 5.79. The number of fused-ring (bicyclic) bond motifs is 1. The van der Waals surface area contributed by atoms with Gasteiger partial charge < -0.3 is 16.2 Å². The van der Waals surface area contributed by atoms with Crippen molar-refractivity contribution in [3.05, 3.63) is 36.0 Å². The van der Waals surface area contributed by atoms with Crippen LogP contribution in [0.1, 0.15) is 32.4 Å². The van der Waals surface area contributed by atoms with Gasteiger partial charge in [-0.25, -0.2) is 4.79 Å². The maximum atomic E-state index is 12.3. The topological polar surface area (TPSA) is 83.3 Å². The normalized spacial score (nSPS) is 13.4. The molecule has 108 valence electrons. The summed E-state index contributed by atoms with van der Waals surface area (Å²) in [4.78, 5) is 12.3. The highest BCUT2D eigenvalue weighted by Crippen LogP contribution is 2.26. The predicted octanol–water partition coefficient (Wildman–Crippen LogP) is 2.38. The highest BCUT2D eigenvalue weighted by Gasteiger charge is 2.21. The van der Waals surface area contributed by atoms with Gasteiger partial charge in [0, 0.05) is 24.2 Å². The number of carbonyl (C=O) groups is 1.